The number of benzene rings is 4. The van der Waals surface area contributed by atoms with E-state index < -0.39 is 12.5 Å². The van der Waals surface area contributed by atoms with Gasteiger partial charge in [0.1, 0.15) is 18.1 Å². The average Bonchev–Trinajstić information content (AvgIpc) is 3.93. The van der Waals surface area contributed by atoms with Crippen molar-refractivity contribution in [2.45, 2.75) is 58.8 Å². The number of carbonyl (C=O) groups is 3. The molecule has 342 valence electrons. The highest BCUT2D eigenvalue weighted by atomic mass is 19.3. The summed E-state index contributed by atoms with van der Waals surface area (Å²) >= 11 is 0. The van der Waals surface area contributed by atoms with E-state index in [9.17, 15) is 23.5 Å². The molecule has 1 saturated heterocycles. The van der Waals surface area contributed by atoms with E-state index in [0.29, 0.717) is 72.0 Å². The molecule has 0 aliphatic carbocycles. The number of morpholine rings is 1. The molecule has 3 aliphatic heterocycles. The minimum Gasteiger partial charge on any atom is -0.508 e. The molecule has 0 spiro atoms. The Balaban J connectivity index is 1.01. The van der Waals surface area contributed by atoms with E-state index in [1.54, 1.807) is 13.0 Å². The molecule has 3 aliphatic rings. The van der Waals surface area contributed by atoms with E-state index in [-0.39, 0.29) is 41.3 Å². The number of halogens is 2. The number of rotatable bonds is 12. The van der Waals surface area contributed by atoms with Gasteiger partial charge in [-0.3, -0.25) is 24.2 Å². The van der Waals surface area contributed by atoms with Gasteiger partial charge in [0.15, 0.2) is 0 Å². The van der Waals surface area contributed by atoms with Gasteiger partial charge in [0.05, 0.1) is 43.3 Å². The zero-order valence-electron chi connectivity index (χ0n) is 37.3. The third-order valence-corrected chi connectivity index (χ3v) is 13.2. The molecule has 0 radical (unpaired) electrons. The van der Waals surface area contributed by atoms with Crippen LogP contribution in [0, 0.1) is 6.92 Å². The van der Waals surface area contributed by atoms with Crippen molar-refractivity contribution in [3.63, 3.8) is 0 Å². The van der Waals surface area contributed by atoms with Crippen LogP contribution >= 0.6 is 0 Å². The molecule has 9 rings (SSSR count). The molecule has 0 unspecified atom stereocenters. The first-order valence-corrected chi connectivity index (χ1v) is 22.4. The molecule has 0 bridgehead atoms. The zero-order valence-corrected chi connectivity index (χ0v) is 37.3. The van der Waals surface area contributed by atoms with E-state index in [0.717, 1.165) is 67.0 Å². The highest BCUT2D eigenvalue weighted by Crippen LogP contribution is 2.37. The van der Waals surface area contributed by atoms with Gasteiger partial charge in [-0.2, -0.15) is 13.9 Å². The van der Waals surface area contributed by atoms with Crippen LogP contribution in [-0.2, 0) is 48.9 Å². The van der Waals surface area contributed by atoms with Gasteiger partial charge >= 0.3 is 6.55 Å². The molecule has 2 aromatic heterocycles. The van der Waals surface area contributed by atoms with E-state index in [4.69, 9.17) is 9.47 Å². The number of phenolic OH excluding ortho intramolecular Hbond substituents is 1. The zero-order chi connectivity index (χ0) is 46.1. The lowest BCUT2D eigenvalue weighted by molar-refractivity contribution is -0.131. The number of hydrogen-bond acceptors (Lipinski definition) is 8. The Morgan fingerprint density at radius 2 is 1.62 bits per heavy atom. The summed E-state index contributed by atoms with van der Waals surface area (Å²) in [5.41, 5.74) is 8.08. The molecule has 15 heteroatoms. The standard InChI is InChI=1S/C51H53F2N7O6/c1-33-24-36-6-4-5-7-38(36)31-58(33)49(63)46-27-39-30-57(48(62)25-35-8-14-43(15-9-35)66-23-20-56-18-21-65-22-19-56)17-16-37(39)26-45(46)47-28-44(34(2)55(47)3)50(64)60(40-10-12-42(61)13-11-40)41-29-54-59(32-41)51(52)53/h4-15,26-29,32-33,51,61H,16-25,30-31H2,1-3H3/t33-/m0/s1. The molecule has 66 heavy (non-hydrogen) atoms. The van der Waals surface area contributed by atoms with Crippen molar-refractivity contribution < 1.29 is 37.7 Å². The molecule has 1 fully saturated rings. The van der Waals surface area contributed by atoms with Crippen molar-refractivity contribution in [2.24, 2.45) is 7.05 Å². The Morgan fingerprint density at radius 1 is 0.879 bits per heavy atom. The van der Waals surface area contributed by atoms with Crippen LogP contribution in [0.3, 0.4) is 0 Å². The lowest BCUT2D eigenvalue weighted by Crippen LogP contribution is -2.43. The fraction of sp³-hybridized carbons (Fsp3) is 0.333. The lowest BCUT2D eigenvalue weighted by Gasteiger charge is -2.36. The number of fused-ring (bicyclic) bond motifs is 2. The fourth-order valence-corrected chi connectivity index (χ4v) is 9.25. The van der Waals surface area contributed by atoms with Crippen molar-refractivity contribution in [1.29, 1.82) is 0 Å². The molecule has 1 atom stereocenters. The Kier molecular flexibility index (Phi) is 12.7. The molecule has 4 aromatic carbocycles. The number of anilines is 2. The quantitative estimate of drug-likeness (QED) is 0.133. The van der Waals surface area contributed by atoms with Gasteiger partial charge in [0, 0.05) is 80.6 Å². The van der Waals surface area contributed by atoms with Crippen LogP contribution in [0.1, 0.15) is 67.7 Å². The minimum absolute atomic E-state index is 0.0154. The summed E-state index contributed by atoms with van der Waals surface area (Å²) in [6.07, 6.45) is 3.78. The summed E-state index contributed by atoms with van der Waals surface area (Å²) in [5.74, 6) is 0.0387. The Hall–Kier alpha value is -6.84. The number of aromatic hydroxyl groups is 1. The summed E-state index contributed by atoms with van der Waals surface area (Å²) in [7, 11) is 1.83. The van der Waals surface area contributed by atoms with Crippen LogP contribution in [0.2, 0.25) is 0 Å². The minimum atomic E-state index is -2.92. The smallest absolute Gasteiger partial charge is 0.333 e. The van der Waals surface area contributed by atoms with E-state index in [2.05, 4.69) is 22.1 Å². The monoisotopic (exact) mass is 897 g/mol. The van der Waals surface area contributed by atoms with Crippen molar-refractivity contribution in [2.75, 3.05) is 50.9 Å². The predicted molar refractivity (Wildman–Crippen MR) is 245 cm³/mol. The maximum absolute atomic E-state index is 15.1. The van der Waals surface area contributed by atoms with Gasteiger partial charge in [0.2, 0.25) is 5.91 Å². The first kappa shape index (κ1) is 44.4. The van der Waals surface area contributed by atoms with Gasteiger partial charge in [-0.05, 0) is 109 Å². The van der Waals surface area contributed by atoms with Gasteiger partial charge in [-0.1, -0.05) is 36.4 Å². The summed E-state index contributed by atoms with van der Waals surface area (Å²) in [6, 6.07) is 27.3. The lowest BCUT2D eigenvalue weighted by atomic mass is 9.89. The predicted octanol–water partition coefficient (Wildman–Crippen LogP) is 7.70. The van der Waals surface area contributed by atoms with Gasteiger partial charge in [-0.25, -0.2) is 4.68 Å². The van der Waals surface area contributed by atoms with Crippen LogP contribution in [0.15, 0.2) is 103 Å². The molecule has 6 aromatic rings. The third-order valence-electron chi connectivity index (χ3n) is 13.2. The number of amides is 3. The van der Waals surface area contributed by atoms with Crippen LogP contribution in [-0.4, -0.2) is 104 Å². The van der Waals surface area contributed by atoms with Crippen molar-refractivity contribution in [1.82, 2.24) is 29.0 Å². The average molecular weight is 898 g/mol. The number of phenols is 1. The number of carbonyl (C=O) groups excluding carboxylic acids is 3. The van der Waals surface area contributed by atoms with Crippen molar-refractivity contribution >= 4 is 29.1 Å². The van der Waals surface area contributed by atoms with E-state index in [1.807, 2.05) is 76.9 Å². The second-order valence-corrected chi connectivity index (χ2v) is 17.3. The van der Waals surface area contributed by atoms with Crippen molar-refractivity contribution in [3.8, 4) is 22.8 Å². The van der Waals surface area contributed by atoms with Crippen LogP contribution in [0.5, 0.6) is 11.5 Å². The highest BCUT2D eigenvalue weighted by Gasteiger charge is 2.33. The summed E-state index contributed by atoms with van der Waals surface area (Å²) in [6.45, 7) is 6.87. The number of hydrogen-bond donors (Lipinski definition) is 1. The Bertz CT molecular complexity index is 2750. The topological polar surface area (TPSA) is 126 Å². The summed E-state index contributed by atoms with van der Waals surface area (Å²) < 4.78 is 41.2. The third kappa shape index (κ3) is 9.18. The van der Waals surface area contributed by atoms with E-state index >= 15 is 4.79 Å². The molecule has 3 amide bonds. The SMILES string of the molecule is Cc1c(C(=O)N(c2ccc(O)cc2)c2cnn(C(F)F)c2)cc(-c2cc3c(cc2C(=O)N2Cc4ccccc4C[C@@H]2C)CN(C(=O)Cc2ccc(OCCN4CCOCC4)cc2)CC3)n1C. The van der Waals surface area contributed by atoms with Crippen LogP contribution < -0.4 is 9.64 Å². The molecule has 13 nitrogen and oxygen atoms in total. The number of ether oxygens (including phenoxy) is 2. The Labute approximate surface area is 382 Å². The van der Waals surface area contributed by atoms with Gasteiger partial charge < -0.3 is 28.9 Å². The second kappa shape index (κ2) is 18.9. The fourth-order valence-electron chi connectivity index (χ4n) is 9.25. The summed E-state index contributed by atoms with van der Waals surface area (Å²) in [5, 5.41) is 13.8. The maximum atomic E-state index is 15.1. The molecule has 1 N–H and O–H groups in total. The number of nitrogens with zero attached hydrogens (tertiary/aromatic N) is 7. The van der Waals surface area contributed by atoms with Crippen LogP contribution in [0.4, 0.5) is 20.2 Å². The van der Waals surface area contributed by atoms with Gasteiger partial charge in [0.25, 0.3) is 11.8 Å². The first-order chi connectivity index (χ1) is 31.9. The largest absolute Gasteiger partial charge is 0.508 e. The second-order valence-electron chi connectivity index (χ2n) is 17.3. The maximum Gasteiger partial charge on any atom is 0.333 e. The van der Waals surface area contributed by atoms with Crippen LogP contribution in [0.25, 0.3) is 11.3 Å². The normalized spacial score (nSPS) is 16.2. The summed E-state index contributed by atoms with van der Waals surface area (Å²) in [4.78, 5) is 51.0. The van der Waals surface area contributed by atoms with E-state index in [1.165, 1.54) is 40.9 Å². The number of alkyl halides is 2. The first-order valence-electron chi connectivity index (χ1n) is 22.4. The van der Waals surface area contributed by atoms with Crippen molar-refractivity contribution in [3.05, 3.63) is 148 Å². The highest BCUT2D eigenvalue weighted by molar-refractivity contribution is 6.12. The molecule has 0 saturated carbocycles. The number of aromatic nitrogens is 3. The Morgan fingerprint density at radius 3 is 2.35 bits per heavy atom. The molecule has 5 heterocycles. The molecular formula is C51H53F2N7O6. The van der Waals surface area contributed by atoms with Gasteiger partial charge in [-0.15, -0.1) is 0 Å². The molecular weight excluding hydrogens is 845 g/mol.